The van der Waals surface area contributed by atoms with Crippen LogP contribution in [0.3, 0.4) is 0 Å². The summed E-state index contributed by atoms with van der Waals surface area (Å²) in [4.78, 5) is 30.8. The van der Waals surface area contributed by atoms with E-state index in [2.05, 4.69) is 182 Å². The van der Waals surface area contributed by atoms with Crippen LogP contribution >= 0.6 is 0 Å². The van der Waals surface area contributed by atoms with Crippen molar-refractivity contribution in [2.75, 3.05) is 0 Å². The second-order valence-corrected chi connectivity index (χ2v) is 16.6. The number of aromatic nitrogens is 6. The van der Waals surface area contributed by atoms with Gasteiger partial charge in [-0.2, -0.15) is 0 Å². The van der Waals surface area contributed by atoms with Gasteiger partial charge in [0.2, 0.25) is 0 Å². The molecule has 4 aromatic heterocycles. The van der Waals surface area contributed by atoms with Gasteiger partial charge in [0, 0.05) is 68.1 Å². The van der Waals surface area contributed by atoms with Gasteiger partial charge in [-0.1, -0.05) is 164 Å². The molecule has 0 N–H and O–H groups in total. The fraction of sp³-hybridized carbons (Fsp3) is 0. The zero-order chi connectivity index (χ0) is 43.6. The van der Waals surface area contributed by atoms with Gasteiger partial charge in [0.1, 0.15) is 0 Å². The Morgan fingerprint density at radius 2 is 0.455 bits per heavy atom. The first-order valence-corrected chi connectivity index (χ1v) is 22.1. The second kappa shape index (κ2) is 15.4. The molecule has 0 saturated heterocycles. The van der Waals surface area contributed by atoms with Crippen LogP contribution in [0.5, 0.6) is 0 Å². The normalized spacial score (nSPS) is 11.6. The molecule has 0 amide bonds. The molecule has 0 aliphatic carbocycles. The summed E-state index contributed by atoms with van der Waals surface area (Å²) < 4.78 is 0. The van der Waals surface area contributed by atoms with Crippen LogP contribution in [0.1, 0.15) is 0 Å². The van der Waals surface area contributed by atoms with Crippen molar-refractivity contribution in [3.8, 4) is 67.5 Å². The average molecular weight is 841 g/mol. The maximum absolute atomic E-state index is 5.43. The molecule has 4 heterocycles. The number of benzene rings is 9. The molecule has 66 heavy (non-hydrogen) atoms. The summed E-state index contributed by atoms with van der Waals surface area (Å²) in [5, 5.41) is 9.69. The molecule has 0 fully saturated rings. The Balaban J connectivity index is 1.06. The summed E-state index contributed by atoms with van der Waals surface area (Å²) in [5.41, 5.74) is 12.2. The highest BCUT2D eigenvalue weighted by Crippen LogP contribution is 2.42. The maximum atomic E-state index is 5.43. The lowest BCUT2D eigenvalue weighted by atomic mass is 9.92. The quantitative estimate of drug-likeness (QED) is 0.166. The first-order valence-electron chi connectivity index (χ1n) is 22.1. The first kappa shape index (κ1) is 37.5. The van der Waals surface area contributed by atoms with Crippen molar-refractivity contribution in [2.24, 2.45) is 0 Å². The van der Waals surface area contributed by atoms with Gasteiger partial charge in [0.25, 0.3) is 0 Å². The number of hydrogen-bond donors (Lipinski definition) is 0. The Morgan fingerprint density at radius 3 is 0.758 bits per heavy atom. The minimum Gasteiger partial charge on any atom is -0.256 e. The molecule has 0 saturated carbocycles. The van der Waals surface area contributed by atoms with Gasteiger partial charge in [-0.25, -0.2) is 15.0 Å². The Labute approximate surface area is 379 Å². The van der Waals surface area contributed by atoms with Crippen molar-refractivity contribution >= 4 is 65.0 Å². The van der Waals surface area contributed by atoms with Crippen molar-refractivity contribution in [2.45, 2.75) is 0 Å². The van der Waals surface area contributed by atoms with Gasteiger partial charge < -0.3 is 0 Å². The molecule has 9 aromatic carbocycles. The van der Waals surface area contributed by atoms with E-state index >= 15 is 0 Å². The zero-order valence-electron chi connectivity index (χ0n) is 35.5. The highest BCUT2D eigenvalue weighted by Gasteiger charge is 2.21. The molecule has 0 atom stereocenters. The van der Waals surface area contributed by atoms with E-state index in [0.717, 1.165) is 115 Å². The largest absolute Gasteiger partial charge is 0.256 e. The summed E-state index contributed by atoms with van der Waals surface area (Å²) in [5.74, 6) is 1.77. The predicted molar refractivity (Wildman–Crippen MR) is 271 cm³/mol. The van der Waals surface area contributed by atoms with Crippen LogP contribution in [0.15, 0.2) is 219 Å². The standard InChI is InChI=1S/C60H36N6/c1-4-22-43-40(19-1)46(49-25-7-13-37-16-10-34-61-55(37)49)28-31-52(43)58-64-59(53-32-29-47(41-20-2-5-23-44(41)53)50-26-8-14-38-17-11-35-62-56(38)50)66-60(65-58)54-33-30-48(42-21-3-6-24-45(42)54)51-27-9-15-39-18-12-36-63-57(39)51/h1-36H. The van der Waals surface area contributed by atoms with Gasteiger partial charge >= 0.3 is 0 Å². The van der Waals surface area contributed by atoms with Crippen molar-refractivity contribution < 1.29 is 0 Å². The summed E-state index contributed by atoms with van der Waals surface area (Å²) in [6.07, 6.45) is 5.59. The first-order chi connectivity index (χ1) is 32.7. The minimum atomic E-state index is 0.589. The molecule has 0 aliphatic heterocycles. The summed E-state index contributed by atoms with van der Waals surface area (Å²) in [6, 6.07) is 70.0. The maximum Gasteiger partial charge on any atom is 0.164 e. The van der Waals surface area contributed by atoms with E-state index in [0.29, 0.717) is 17.5 Å². The number of rotatable bonds is 6. The van der Waals surface area contributed by atoms with Gasteiger partial charge in [0.05, 0.1) is 16.6 Å². The van der Waals surface area contributed by atoms with Crippen molar-refractivity contribution in [1.29, 1.82) is 0 Å². The van der Waals surface area contributed by atoms with Crippen molar-refractivity contribution in [3.05, 3.63) is 219 Å². The van der Waals surface area contributed by atoms with Crippen LogP contribution in [0, 0.1) is 0 Å². The van der Waals surface area contributed by atoms with Crippen LogP contribution in [0.4, 0.5) is 0 Å². The Morgan fingerprint density at radius 1 is 0.197 bits per heavy atom. The van der Waals surface area contributed by atoms with Crippen molar-refractivity contribution in [1.82, 2.24) is 29.9 Å². The molecular formula is C60H36N6. The van der Waals surface area contributed by atoms with E-state index in [1.165, 1.54) is 0 Å². The minimum absolute atomic E-state index is 0.589. The third-order valence-electron chi connectivity index (χ3n) is 12.9. The van der Waals surface area contributed by atoms with Gasteiger partial charge in [-0.15, -0.1) is 0 Å². The van der Waals surface area contributed by atoms with E-state index in [4.69, 9.17) is 29.9 Å². The van der Waals surface area contributed by atoms with E-state index in [1.807, 2.05) is 36.8 Å². The number of fused-ring (bicyclic) bond motifs is 6. The summed E-state index contributed by atoms with van der Waals surface area (Å²) in [7, 11) is 0. The molecule has 13 rings (SSSR count). The summed E-state index contributed by atoms with van der Waals surface area (Å²) in [6.45, 7) is 0. The Bertz CT molecular complexity index is 3640. The molecule has 0 aliphatic rings. The van der Waals surface area contributed by atoms with E-state index < -0.39 is 0 Å². The molecule has 0 spiro atoms. The van der Waals surface area contributed by atoms with Crippen LogP contribution in [0.25, 0.3) is 133 Å². The number of para-hydroxylation sites is 3. The highest BCUT2D eigenvalue weighted by atomic mass is 15.0. The van der Waals surface area contributed by atoms with Gasteiger partial charge in [0.15, 0.2) is 17.5 Å². The van der Waals surface area contributed by atoms with Crippen LogP contribution in [0.2, 0.25) is 0 Å². The summed E-state index contributed by atoms with van der Waals surface area (Å²) >= 11 is 0. The molecule has 13 aromatic rings. The monoisotopic (exact) mass is 840 g/mol. The second-order valence-electron chi connectivity index (χ2n) is 16.6. The molecule has 306 valence electrons. The number of pyridine rings is 3. The molecular weight excluding hydrogens is 805 g/mol. The predicted octanol–water partition coefficient (Wildman–Crippen LogP) is 15.0. The molecule has 0 bridgehead atoms. The smallest absolute Gasteiger partial charge is 0.164 e. The molecule has 0 radical (unpaired) electrons. The third-order valence-corrected chi connectivity index (χ3v) is 12.9. The highest BCUT2D eigenvalue weighted by molar-refractivity contribution is 6.12. The Kier molecular flexibility index (Phi) is 8.74. The van der Waals surface area contributed by atoms with Gasteiger partial charge in [-0.05, 0) is 85.4 Å². The van der Waals surface area contributed by atoms with Crippen LogP contribution in [-0.4, -0.2) is 29.9 Å². The van der Waals surface area contributed by atoms with Crippen LogP contribution in [-0.2, 0) is 0 Å². The Hall–Kier alpha value is -9.00. The van der Waals surface area contributed by atoms with E-state index in [-0.39, 0.29) is 0 Å². The average Bonchev–Trinajstić information content (AvgIpc) is 3.39. The SMILES string of the molecule is c1cnc2c(-c3ccc(-c4nc(-c5ccc(-c6cccc7cccnc67)c6ccccc56)nc(-c5ccc(-c6cccc7cccnc67)c6ccccc56)n4)c4ccccc34)cccc2c1. The fourth-order valence-corrected chi connectivity index (χ4v) is 9.89. The number of nitrogens with zero attached hydrogens (tertiary/aromatic N) is 6. The van der Waals surface area contributed by atoms with Gasteiger partial charge in [-0.3, -0.25) is 15.0 Å². The third kappa shape index (κ3) is 6.11. The van der Waals surface area contributed by atoms with Crippen LogP contribution < -0.4 is 0 Å². The molecule has 0 unspecified atom stereocenters. The zero-order valence-corrected chi connectivity index (χ0v) is 35.5. The molecule has 6 nitrogen and oxygen atoms in total. The lowest BCUT2D eigenvalue weighted by molar-refractivity contribution is 1.08. The number of hydrogen-bond acceptors (Lipinski definition) is 6. The lowest BCUT2D eigenvalue weighted by Gasteiger charge is -2.16. The topological polar surface area (TPSA) is 77.3 Å². The van der Waals surface area contributed by atoms with E-state index in [1.54, 1.807) is 0 Å². The molecule has 6 heteroatoms. The fourth-order valence-electron chi connectivity index (χ4n) is 9.89. The van der Waals surface area contributed by atoms with Crippen molar-refractivity contribution in [3.63, 3.8) is 0 Å². The van der Waals surface area contributed by atoms with E-state index in [9.17, 15) is 0 Å². The lowest BCUT2D eigenvalue weighted by Crippen LogP contribution is -2.02.